The Hall–Kier alpha value is -2.30. The summed E-state index contributed by atoms with van der Waals surface area (Å²) in [6.45, 7) is 0.626. The van der Waals surface area contributed by atoms with Crippen molar-refractivity contribution in [3.8, 4) is 5.75 Å². The quantitative estimate of drug-likeness (QED) is 0.836. The van der Waals surface area contributed by atoms with Crippen molar-refractivity contribution in [3.63, 3.8) is 0 Å². The number of hydrogen-bond donors (Lipinski definition) is 2. The summed E-state index contributed by atoms with van der Waals surface area (Å²) in [5, 5.41) is 3.10. The standard InChI is InChI=1S/C12H14N4O/c1-17-10-4-2-3-9(7-10)8-15-12-14-6-5-11(13)16-12/h2-7H,8H2,1H3,(H3,13,14,15,16). The fourth-order valence-corrected chi connectivity index (χ4v) is 1.42. The van der Waals surface area contributed by atoms with Crippen LogP contribution in [0, 0.1) is 0 Å². The average molecular weight is 230 g/mol. The molecule has 0 aliphatic rings. The van der Waals surface area contributed by atoms with E-state index >= 15 is 0 Å². The molecule has 0 amide bonds. The first-order valence-corrected chi connectivity index (χ1v) is 5.23. The summed E-state index contributed by atoms with van der Waals surface area (Å²) in [4.78, 5) is 8.12. The molecule has 0 aliphatic heterocycles. The van der Waals surface area contributed by atoms with Crippen molar-refractivity contribution in [3.05, 3.63) is 42.1 Å². The van der Waals surface area contributed by atoms with Gasteiger partial charge in [0.15, 0.2) is 0 Å². The fourth-order valence-electron chi connectivity index (χ4n) is 1.42. The monoisotopic (exact) mass is 230 g/mol. The number of anilines is 2. The third kappa shape index (κ3) is 3.07. The van der Waals surface area contributed by atoms with Gasteiger partial charge in [-0.25, -0.2) is 4.98 Å². The van der Waals surface area contributed by atoms with Crippen LogP contribution in [0.1, 0.15) is 5.56 Å². The third-order valence-corrected chi connectivity index (χ3v) is 2.26. The van der Waals surface area contributed by atoms with E-state index in [0.29, 0.717) is 18.3 Å². The average Bonchev–Trinajstić information content (AvgIpc) is 2.37. The van der Waals surface area contributed by atoms with Gasteiger partial charge in [-0.1, -0.05) is 12.1 Å². The van der Waals surface area contributed by atoms with E-state index in [0.717, 1.165) is 11.3 Å². The van der Waals surface area contributed by atoms with Gasteiger partial charge in [-0.2, -0.15) is 4.98 Å². The number of rotatable bonds is 4. The van der Waals surface area contributed by atoms with Gasteiger partial charge in [-0.15, -0.1) is 0 Å². The fraction of sp³-hybridized carbons (Fsp3) is 0.167. The van der Waals surface area contributed by atoms with E-state index in [1.807, 2.05) is 24.3 Å². The number of nitrogens with two attached hydrogens (primary N) is 1. The molecule has 1 heterocycles. The first kappa shape index (κ1) is 11.2. The molecule has 2 aromatic rings. The summed E-state index contributed by atoms with van der Waals surface area (Å²) in [6.07, 6.45) is 1.62. The van der Waals surface area contributed by atoms with Crippen LogP contribution in [0.15, 0.2) is 36.5 Å². The Balaban J connectivity index is 2.02. The Bertz CT molecular complexity index is 501. The molecule has 5 heteroatoms. The molecule has 0 fully saturated rings. The summed E-state index contributed by atoms with van der Waals surface area (Å²) in [5.74, 6) is 1.80. The third-order valence-electron chi connectivity index (χ3n) is 2.26. The van der Waals surface area contributed by atoms with Crippen LogP contribution < -0.4 is 15.8 Å². The molecule has 17 heavy (non-hydrogen) atoms. The van der Waals surface area contributed by atoms with Crippen molar-refractivity contribution < 1.29 is 4.74 Å². The highest BCUT2D eigenvalue weighted by molar-refractivity contribution is 5.37. The van der Waals surface area contributed by atoms with Crippen LogP contribution in [0.2, 0.25) is 0 Å². The van der Waals surface area contributed by atoms with Crippen molar-refractivity contribution in [2.75, 3.05) is 18.2 Å². The molecule has 0 unspecified atom stereocenters. The van der Waals surface area contributed by atoms with Gasteiger partial charge in [0.1, 0.15) is 11.6 Å². The second-order valence-electron chi connectivity index (χ2n) is 3.51. The maximum Gasteiger partial charge on any atom is 0.224 e. The molecular formula is C12H14N4O. The smallest absolute Gasteiger partial charge is 0.224 e. The lowest BCUT2D eigenvalue weighted by Crippen LogP contribution is -2.04. The van der Waals surface area contributed by atoms with Gasteiger partial charge in [-0.05, 0) is 23.8 Å². The van der Waals surface area contributed by atoms with Crippen molar-refractivity contribution in [2.24, 2.45) is 0 Å². The molecule has 0 aliphatic carbocycles. The summed E-state index contributed by atoms with van der Waals surface area (Å²) in [5.41, 5.74) is 6.66. The molecule has 5 nitrogen and oxygen atoms in total. The van der Waals surface area contributed by atoms with Crippen molar-refractivity contribution in [1.29, 1.82) is 0 Å². The van der Waals surface area contributed by atoms with Crippen LogP contribution in [-0.2, 0) is 6.54 Å². The van der Waals surface area contributed by atoms with Crippen LogP contribution in [0.3, 0.4) is 0 Å². The van der Waals surface area contributed by atoms with Crippen LogP contribution in [-0.4, -0.2) is 17.1 Å². The number of nitrogens with zero attached hydrogens (tertiary/aromatic N) is 2. The Morgan fingerprint density at radius 2 is 2.24 bits per heavy atom. The number of aromatic nitrogens is 2. The minimum atomic E-state index is 0.452. The molecule has 88 valence electrons. The van der Waals surface area contributed by atoms with E-state index in [1.54, 1.807) is 19.4 Å². The Morgan fingerprint density at radius 3 is 3.00 bits per heavy atom. The van der Waals surface area contributed by atoms with E-state index in [9.17, 15) is 0 Å². The van der Waals surface area contributed by atoms with Gasteiger partial charge < -0.3 is 15.8 Å². The zero-order chi connectivity index (χ0) is 12.1. The van der Waals surface area contributed by atoms with E-state index in [1.165, 1.54) is 0 Å². The first-order valence-electron chi connectivity index (χ1n) is 5.23. The normalized spacial score (nSPS) is 9.94. The lowest BCUT2D eigenvalue weighted by Gasteiger charge is -2.06. The molecule has 0 radical (unpaired) electrons. The highest BCUT2D eigenvalue weighted by Gasteiger charge is 1.98. The van der Waals surface area contributed by atoms with Crippen molar-refractivity contribution in [2.45, 2.75) is 6.54 Å². The van der Waals surface area contributed by atoms with Crippen LogP contribution in [0.5, 0.6) is 5.75 Å². The predicted octanol–water partition coefficient (Wildman–Crippen LogP) is 1.68. The van der Waals surface area contributed by atoms with E-state index < -0.39 is 0 Å². The largest absolute Gasteiger partial charge is 0.497 e. The number of methoxy groups -OCH3 is 1. The topological polar surface area (TPSA) is 73.1 Å². The highest BCUT2D eigenvalue weighted by atomic mass is 16.5. The summed E-state index contributed by atoms with van der Waals surface area (Å²) in [6, 6.07) is 9.45. The lowest BCUT2D eigenvalue weighted by molar-refractivity contribution is 0.414. The van der Waals surface area contributed by atoms with Gasteiger partial charge in [0.05, 0.1) is 7.11 Å². The Kier molecular flexibility index (Phi) is 3.40. The number of hydrogen-bond acceptors (Lipinski definition) is 5. The van der Waals surface area contributed by atoms with Gasteiger partial charge in [-0.3, -0.25) is 0 Å². The molecule has 0 spiro atoms. The molecular weight excluding hydrogens is 216 g/mol. The van der Waals surface area contributed by atoms with Crippen molar-refractivity contribution >= 4 is 11.8 Å². The number of nitrogen functional groups attached to an aromatic ring is 1. The van der Waals surface area contributed by atoms with Crippen molar-refractivity contribution in [1.82, 2.24) is 9.97 Å². The molecule has 0 saturated carbocycles. The van der Waals surface area contributed by atoms with Gasteiger partial charge >= 0.3 is 0 Å². The second-order valence-corrected chi connectivity index (χ2v) is 3.51. The molecule has 3 N–H and O–H groups in total. The molecule has 1 aromatic heterocycles. The Labute approximate surface area is 99.7 Å². The number of nitrogens with one attached hydrogen (secondary N) is 1. The summed E-state index contributed by atoms with van der Waals surface area (Å²) in [7, 11) is 1.65. The molecule has 2 rings (SSSR count). The SMILES string of the molecule is COc1cccc(CNc2nccc(N)n2)c1. The van der Waals surface area contributed by atoms with Crippen LogP contribution in [0.4, 0.5) is 11.8 Å². The maximum absolute atomic E-state index is 5.56. The van der Waals surface area contributed by atoms with Crippen LogP contribution >= 0.6 is 0 Å². The van der Waals surface area contributed by atoms with E-state index in [4.69, 9.17) is 10.5 Å². The number of benzene rings is 1. The summed E-state index contributed by atoms with van der Waals surface area (Å²) >= 11 is 0. The van der Waals surface area contributed by atoms with Gasteiger partial charge in [0.25, 0.3) is 0 Å². The Morgan fingerprint density at radius 1 is 1.35 bits per heavy atom. The zero-order valence-electron chi connectivity index (χ0n) is 9.55. The minimum Gasteiger partial charge on any atom is -0.497 e. The van der Waals surface area contributed by atoms with Gasteiger partial charge in [0, 0.05) is 12.7 Å². The number of ether oxygens (including phenoxy) is 1. The van der Waals surface area contributed by atoms with Crippen LogP contribution in [0.25, 0.3) is 0 Å². The summed E-state index contributed by atoms with van der Waals surface area (Å²) < 4.78 is 5.15. The molecule has 0 atom stereocenters. The first-order chi connectivity index (χ1) is 8.28. The molecule has 1 aromatic carbocycles. The lowest BCUT2D eigenvalue weighted by atomic mass is 10.2. The van der Waals surface area contributed by atoms with Gasteiger partial charge in [0.2, 0.25) is 5.95 Å². The zero-order valence-corrected chi connectivity index (χ0v) is 9.55. The predicted molar refractivity (Wildman–Crippen MR) is 66.8 cm³/mol. The molecule has 0 saturated heterocycles. The molecule has 0 bridgehead atoms. The van der Waals surface area contributed by atoms with E-state index in [-0.39, 0.29) is 0 Å². The highest BCUT2D eigenvalue weighted by Crippen LogP contribution is 2.13. The maximum atomic E-state index is 5.56. The van der Waals surface area contributed by atoms with E-state index in [2.05, 4.69) is 15.3 Å². The minimum absolute atomic E-state index is 0.452. The second kappa shape index (κ2) is 5.16.